The van der Waals surface area contributed by atoms with Crippen LogP contribution in [0.4, 0.5) is 0 Å². The van der Waals surface area contributed by atoms with Crippen molar-refractivity contribution in [3.05, 3.63) is 144 Å². The van der Waals surface area contributed by atoms with Crippen molar-refractivity contribution in [3.8, 4) is 0 Å². The first-order valence-corrected chi connectivity index (χ1v) is 16.1. The van der Waals surface area contributed by atoms with Crippen LogP contribution >= 0.6 is 0 Å². The molecule has 0 saturated heterocycles. The largest absolute Gasteiger partial charge is 0.276 e. The van der Waals surface area contributed by atoms with Crippen LogP contribution in [0, 0.1) is 0 Å². The smallest absolute Gasteiger partial charge is 0.0615 e. The van der Waals surface area contributed by atoms with Crippen molar-refractivity contribution in [3.63, 3.8) is 0 Å². The zero-order chi connectivity index (χ0) is 28.8. The summed E-state index contributed by atoms with van der Waals surface area (Å²) in [5.74, 6) is 0. The summed E-state index contributed by atoms with van der Waals surface area (Å²) in [7, 11) is 0. The Balaban J connectivity index is 1.70. The van der Waals surface area contributed by atoms with Gasteiger partial charge in [0.25, 0.3) is 0 Å². The fraction of sp³-hybridized carbons (Fsp3) is 0.400. The normalized spacial score (nSPS) is 12.0. The van der Waals surface area contributed by atoms with Gasteiger partial charge in [0, 0.05) is 5.54 Å². The van der Waals surface area contributed by atoms with E-state index in [0.717, 1.165) is 6.42 Å². The minimum atomic E-state index is -0.0478. The van der Waals surface area contributed by atoms with Crippen molar-refractivity contribution in [1.29, 1.82) is 0 Å². The second-order valence-corrected chi connectivity index (χ2v) is 12.2. The molecule has 1 nitrogen and oxygen atoms in total. The summed E-state index contributed by atoms with van der Waals surface area (Å²) in [6.45, 7) is 7.26. The first-order valence-electron chi connectivity index (χ1n) is 16.1. The third-order valence-corrected chi connectivity index (χ3v) is 8.61. The summed E-state index contributed by atoms with van der Waals surface area (Å²) < 4.78 is 0. The molecule has 0 amide bonds. The van der Waals surface area contributed by atoms with Gasteiger partial charge in [0.15, 0.2) is 0 Å². The molecule has 0 N–H and O–H groups in total. The van der Waals surface area contributed by atoms with Crippen LogP contribution in [0.2, 0.25) is 0 Å². The van der Waals surface area contributed by atoms with Crippen LogP contribution in [0.3, 0.4) is 0 Å². The number of benzene rings is 4. The lowest BCUT2D eigenvalue weighted by Gasteiger charge is -2.49. The minimum Gasteiger partial charge on any atom is -0.276 e. The zero-order valence-corrected chi connectivity index (χ0v) is 25.7. The van der Waals surface area contributed by atoms with Crippen molar-refractivity contribution in [2.45, 2.75) is 103 Å². The van der Waals surface area contributed by atoms with Gasteiger partial charge in [-0.25, -0.2) is 0 Å². The molecule has 0 aromatic heterocycles. The van der Waals surface area contributed by atoms with Gasteiger partial charge in [-0.05, 0) is 42.5 Å². The second kappa shape index (κ2) is 16.3. The Morgan fingerprint density at radius 1 is 0.439 bits per heavy atom. The van der Waals surface area contributed by atoms with E-state index in [2.05, 4.69) is 147 Å². The molecular formula is C40H51N. The molecular weight excluding hydrogens is 494 g/mol. The summed E-state index contributed by atoms with van der Waals surface area (Å²) in [5.41, 5.74) is 5.33. The molecule has 0 aliphatic rings. The van der Waals surface area contributed by atoms with E-state index in [1.54, 1.807) is 0 Å². The molecule has 0 atom stereocenters. The van der Waals surface area contributed by atoms with Gasteiger partial charge in [0.1, 0.15) is 0 Å². The molecule has 0 saturated carbocycles. The lowest BCUT2D eigenvalue weighted by Crippen LogP contribution is -2.49. The lowest BCUT2D eigenvalue weighted by molar-refractivity contribution is 0.0434. The standard InChI is InChI=1S/C40H51N/c1-4-5-6-7-8-9-10-11-24-33-40(2,3)41(38(34-25-16-12-17-26-34)35-27-18-13-19-28-35)39(36-29-20-14-21-30-36)37-31-22-15-23-32-37/h12-23,25-32,38-39H,4-11,24,33H2,1-3H3. The lowest BCUT2D eigenvalue weighted by atomic mass is 9.83. The fourth-order valence-corrected chi connectivity index (χ4v) is 6.41. The topological polar surface area (TPSA) is 3.24 Å². The van der Waals surface area contributed by atoms with Crippen molar-refractivity contribution in [1.82, 2.24) is 4.90 Å². The first-order chi connectivity index (χ1) is 20.1. The van der Waals surface area contributed by atoms with Crippen LogP contribution in [0.15, 0.2) is 121 Å². The molecule has 41 heavy (non-hydrogen) atoms. The van der Waals surface area contributed by atoms with E-state index in [0.29, 0.717) is 0 Å². The van der Waals surface area contributed by atoms with Gasteiger partial charge in [-0.2, -0.15) is 0 Å². The summed E-state index contributed by atoms with van der Waals surface area (Å²) in [4.78, 5) is 2.83. The summed E-state index contributed by atoms with van der Waals surface area (Å²) in [6, 6.07) is 44.8. The monoisotopic (exact) mass is 545 g/mol. The average molecular weight is 546 g/mol. The SMILES string of the molecule is CCCCCCCCCCCC(C)(C)N(C(c1ccccc1)c1ccccc1)C(c1ccccc1)c1ccccc1. The molecule has 4 rings (SSSR count). The van der Waals surface area contributed by atoms with Crippen molar-refractivity contribution in [2.24, 2.45) is 0 Å². The maximum Gasteiger partial charge on any atom is 0.0615 e. The Bertz CT molecular complexity index is 1060. The van der Waals surface area contributed by atoms with E-state index in [1.807, 2.05) is 0 Å². The number of unbranched alkanes of at least 4 members (excludes halogenated alkanes) is 8. The second-order valence-electron chi connectivity index (χ2n) is 12.2. The van der Waals surface area contributed by atoms with Gasteiger partial charge in [-0.3, -0.25) is 4.90 Å². The van der Waals surface area contributed by atoms with Gasteiger partial charge in [-0.1, -0.05) is 186 Å². The van der Waals surface area contributed by atoms with E-state index < -0.39 is 0 Å². The highest BCUT2D eigenvalue weighted by atomic mass is 15.2. The van der Waals surface area contributed by atoms with Crippen LogP contribution < -0.4 is 0 Å². The Morgan fingerprint density at radius 3 is 1.05 bits per heavy atom. The summed E-state index contributed by atoms with van der Waals surface area (Å²) in [5, 5.41) is 0. The molecule has 0 fully saturated rings. The van der Waals surface area contributed by atoms with E-state index in [9.17, 15) is 0 Å². The number of rotatable bonds is 17. The minimum absolute atomic E-state index is 0.0478. The van der Waals surface area contributed by atoms with Gasteiger partial charge >= 0.3 is 0 Å². The predicted molar refractivity (Wildman–Crippen MR) is 177 cm³/mol. The van der Waals surface area contributed by atoms with Gasteiger partial charge < -0.3 is 0 Å². The quantitative estimate of drug-likeness (QED) is 0.119. The third kappa shape index (κ3) is 8.91. The van der Waals surface area contributed by atoms with Gasteiger partial charge in [-0.15, -0.1) is 0 Å². The highest BCUT2D eigenvalue weighted by molar-refractivity contribution is 5.38. The molecule has 4 aromatic carbocycles. The van der Waals surface area contributed by atoms with Crippen molar-refractivity contribution < 1.29 is 0 Å². The van der Waals surface area contributed by atoms with Crippen LogP contribution in [0.5, 0.6) is 0 Å². The van der Waals surface area contributed by atoms with E-state index in [-0.39, 0.29) is 17.6 Å². The van der Waals surface area contributed by atoms with Gasteiger partial charge in [0.2, 0.25) is 0 Å². The molecule has 0 heterocycles. The fourth-order valence-electron chi connectivity index (χ4n) is 6.41. The summed E-state index contributed by atoms with van der Waals surface area (Å²) >= 11 is 0. The molecule has 216 valence electrons. The molecule has 0 spiro atoms. The van der Waals surface area contributed by atoms with E-state index in [1.165, 1.54) is 80.0 Å². The van der Waals surface area contributed by atoms with E-state index >= 15 is 0 Å². The molecule has 1 heteroatoms. The highest BCUT2D eigenvalue weighted by Gasteiger charge is 2.40. The Morgan fingerprint density at radius 2 is 0.732 bits per heavy atom. The van der Waals surface area contributed by atoms with E-state index in [4.69, 9.17) is 0 Å². The Hall–Kier alpha value is -3.16. The van der Waals surface area contributed by atoms with Crippen LogP contribution in [-0.4, -0.2) is 10.4 Å². The molecule has 0 radical (unpaired) electrons. The molecule has 0 aliphatic carbocycles. The van der Waals surface area contributed by atoms with Crippen LogP contribution in [-0.2, 0) is 0 Å². The molecule has 0 aliphatic heterocycles. The Labute approximate surface area is 250 Å². The number of nitrogens with zero attached hydrogens (tertiary/aromatic N) is 1. The van der Waals surface area contributed by atoms with Crippen LogP contribution in [0.1, 0.15) is 119 Å². The summed E-state index contributed by atoms with van der Waals surface area (Å²) in [6.07, 6.45) is 13.4. The number of hydrogen-bond acceptors (Lipinski definition) is 1. The van der Waals surface area contributed by atoms with Gasteiger partial charge in [0.05, 0.1) is 12.1 Å². The molecule has 0 unspecified atom stereocenters. The third-order valence-electron chi connectivity index (χ3n) is 8.61. The number of hydrogen-bond donors (Lipinski definition) is 0. The Kier molecular flexibility index (Phi) is 12.3. The van der Waals surface area contributed by atoms with Crippen molar-refractivity contribution >= 4 is 0 Å². The first kappa shape index (κ1) is 30.8. The molecule has 0 bridgehead atoms. The van der Waals surface area contributed by atoms with Crippen molar-refractivity contribution in [2.75, 3.05) is 0 Å². The highest BCUT2D eigenvalue weighted by Crippen LogP contribution is 2.45. The average Bonchev–Trinajstić information content (AvgIpc) is 3.02. The zero-order valence-electron chi connectivity index (χ0n) is 25.7. The predicted octanol–water partition coefficient (Wildman–Crippen LogP) is 11.6. The molecule has 4 aromatic rings. The maximum atomic E-state index is 2.83. The van der Waals surface area contributed by atoms with Crippen LogP contribution in [0.25, 0.3) is 0 Å². The maximum absolute atomic E-state index is 2.83.